The third-order valence-corrected chi connectivity index (χ3v) is 3.24. The van der Waals surface area contributed by atoms with Gasteiger partial charge in [0.1, 0.15) is 5.52 Å². The van der Waals surface area contributed by atoms with E-state index in [1.165, 1.54) is 6.07 Å². The lowest BCUT2D eigenvalue weighted by Gasteiger charge is -2.06. The molecule has 100 valence electrons. The van der Waals surface area contributed by atoms with Crippen molar-refractivity contribution < 1.29 is 4.92 Å². The number of non-ortho nitro benzene ring substituents is 1. The first-order valence-electron chi connectivity index (χ1n) is 6.30. The molecule has 1 aromatic carbocycles. The van der Waals surface area contributed by atoms with Gasteiger partial charge in [0.15, 0.2) is 0 Å². The van der Waals surface area contributed by atoms with Crippen molar-refractivity contribution in [2.24, 2.45) is 0 Å². The van der Waals surface area contributed by atoms with Crippen LogP contribution in [0.4, 0.5) is 5.69 Å². The maximum atomic E-state index is 11.1. The van der Waals surface area contributed by atoms with Crippen LogP contribution in [0.1, 0.15) is 11.4 Å². The second kappa shape index (κ2) is 4.77. The van der Waals surface area contributed by atoms with Gasteiger partial charge in [0.05, 0.1) is 17.2 Å². The zero-order valence-corrected chi connectivity index (χ0v) is 11.0. The summed E-state index contributed by atoms with van der Waals surface area (Å²) in [5.74, 6) is 0. The average Bonchev–Trinajstić information content (AvgIpc) is 2.82. The van der Waals surface area contributed by atoms with E-state index < -0.39 is 0 Å². The Kier molecular flexibility index (Phi) is 2.95. The highest BCUT2D eigenvalue weighted by molar-refractivity contribution is 5.88. The van der Waals surface area contributed by atoms with Crippen molar-refractivity contribution in [1.29, 1.82) is 0 Å². The molecule has 0 saturated heterocycles. The topological polar surface area (TPSA) is 61.0 Å². The Hall–Kier alpha value is -2.69. The van der Waals surface area contributed by atoms with Gasteiger partial charge < -0.3 is 4.57 Å². The Morgan fingerprint density at radius 1 is 1.20 bits per heavy atom. The highest BCUT2D eigenvalue weighted by Crippen LogP contribution is 2.26. The van der Waals surface area contributed by atoms with E-state index in [1.807, 2.05) is 48.0 Å². The summed E-state index contributed by atoms with van der Waals surface area (Å²) in [4.78, 5) is 15.2. The summed E-state index contributed by atoms with van der Waals surface area (Å²) in [5.41, 5.74) is 2.59. The van der Waals surface area contributed by atoms with Crippen LogP contribution in [-0.4, -0.2) is 14.5 Å². The Balaban J connectivity index is 2.10. The first-order chi connectivity index (χ1) is 9.65. The molecule has 2 heterocycles. The average molecular weight is 267 g/mol. The van der Waals surface area contributed by atoms with Crippen LogP contribution >= 0.6 is 0 Å². The maximum Gasteiger partial charge on any atom is 0.293 e. The van der Waals surface area contributed by atoms with Crippen molar-refractivity contribution in [3.63, 3.8) is 0 Å². The molecule has 0 bridgehead atoms. The number of hydrogen-bond acceptors (Lipinski definition) is 3. The van der Waals surface area contributed by atoms with Crippen LogP contribution in [0, 0.1) is 17.0 Å². The molecule has 2 aromatic heterocycles. The number of aromatic nitrogens is 2. The molecule has 3 aromatic rings. The molecule has 0 aliphatic carbocycles. The zero-order chi connectivity index (χ0) is 14.1. The molecule has 0 spiro atoms. The molecule has 0 unspecified atom stereocenters. The third-order valence-electron chi connectivity index (χ3n) is 3.24. The fourth-order valence-electron chi connectivity index (χ4n) is 2.38. The van der Waals surface area contributed by atoms with Gasteiger partial charge in [0.2, 0.25) is 0 Å². The monoisotopic (exact) mass is 267 g/mol. The normalized spacial score (nSPS) is 10.8. The zero-order valence-electron chi connectivity index (χ0n) is 11.0. The number of para-hydroxylation sites is 1. The van der Waals surface area contributed by atoms with E-state index in [-0.39, 0.29) is 10.6 Å². The van der Waals surface area contributed by atoms with Crippen LogP contribution in [0.25, 0.3) is 10.9 Å². The van der Waals surface area contributed by atoms with Crippen LogP contribution in [-0.2, 0) is 6.54 Å². The van der Waals surface area contributed by atoms with Crippen LogP contribution in [0.3, 0.4) is 0 Å². The summed E-state index contributed by atoms with van der Waals surface area (Å²) in [6.07, 6.45) is 1.86. The van der Waals surface area contributed by atoms with Gasteiger partial charge in [-0.2, -0.15) is 0 Å². The number of nitro benzene ring substituents is 1. The highest BCUT2D eigenvalue weighted by atomic mass is 16.6. The quantitative estimate of drug-likeness (QED) is 0.540. The van der Waals surface area contributed by atoms with Crippen molar-refractivity contribution >= 4 is 16.6 Å². The fourth-order valence-corrected chi connectivity index (χ4v) is 2.38. The van der Waals surface area contributed by atoms with Crippen molar-refractivity contribution in [2.45, 2.75) is 13.5 Å². The Morgan fingerprint density at radius 2 is 2.00 bits per heavy atom. The maximum absolute atomic E-state index is 11.1. The van der Waals surface area contributed by atoms with Crippen molar-refractivity contribution in [3.05, 3.63) is 70.2 Å². The van der Waals surface area contributed by atoms with E-state index in [2.05, 4.69) is 4.98 Å². The summed E-state index contributed by atoms with van der Waals surface area (Å²) in [7, 11) is 0. The number of pyridine rings is 1. The van der Waals surface area contributed by atoms with Gasteiger partial charge in [-0.25, -0.2) is 0 Å². The molecular weight excluding hydrogens is 254 g/mol. The summed E-state index contributed by atoms with van der Waals surface area (Å²) < 4.78 is 1.87. The number of nitro groups is 1. The minimum atomic E-state index is -0.345. The molecule has 0 N–H and O–H groups in total. The first kappa shape index (κ1) is 12.3. The third kappa shape index (κ3) is 2.14. The van der Waals surface area contributed by atoms with E-state index in [0.717, 1.165) is 16.8 Å². The lowest BCUT2D eigenvalue weighted by molar-refractivity contribution is -0.383. The van der Waals surface area contributed by atoms with Crippen molar-refractivity contribution in [2.75, 3.05) is 0 Å². The number of aryl methyl sites for hydroxylation is 1. The van der Waals surface area contributed by atoms with E-state index in [4.69, 9.17) is 0 Å². The molecule has 3 rings (SSSR count). The van der Waals surface area contributed by atoms with Gasteiger partial charge in [0.25, 0.3) is 5.69 Å². The van der Waals surface area contributed by atoms with Gasteiger partial charge in [-0.15, -0.1) is 0 Å². The summed E-state index contributed by atoms with van der Waals surface area (Å²) >= 11 is 0. The lowest BCUT2D eigenvalue weighted by atomic mass is 10.2. The van der Waals surface area contributed by atoms with Crippen LogP contribution in [0.15, 0.2) is 48.7 Å². The van der Waals surface area contributed by atoms with Gasteiger partial charge in [-0.3, -0.25) is 15.1 Å². The number of fused-ring (bicyclic) bond motifs is 1. The molecular formula is C15H13N3O2. The summed E-state index contributed by atoms with van der Waals surface area (Å²) in [5, 5.41) is 12.0. The van der Waals surface area contributed by atoms with E-state index in [9.17, 15) is 10.1 Å². The second-order valence-corrected chi connectivity index (χ2v) is 4.69. The van der Waals surface area contributed by atoms with Gasteiger partial charge in [-0.1, -0.05) is 18.2 Å². The van der Waals surface area contributed by atoms with E-state index >= 15 is 0 Å². The number of hydrogen-bond donors (Lipinski definition) is 0. The van der Waals surface area contributed by atoms with Crippen molar-refractivity contribution in [1.82, 2.24) is 9.55 Å². The van der Waals surface area contributed by atoms with E-state index in [0.29, 0.717) is 12.1 Å². The number of benzene rings is 1. The summed E-state index contributed by atoms with van der Waals surface area (Å²) in [6, 6.07) is 12.8. The van der Waals surface area contributed by atoms with E-state index in [1.54, 1.807) is 6.07 Å². The van der Waals surface area contributed by atoms with Crippen LogP contribution in [0.2, 0.25) is 0 Å². The van der Waals surface area contributed by atoms with Gasteiger partial charge in [-0.05, 0) is 25.1 Å². The second-order valence-electron chi connectivity index (χ2n) is 4.69. The molecule has 0 aliphatic rings. The van der Waals surface area contributed by atoms with Crippen molar-refractivity contribution in [3.8, 4) is 0 Å². The smallest absolute Gasteiger partial charge is 0.293 e. The van der Waals surface area contributed by atoms with Gasteiger partial charge >= 0.3 is 0 Å². The fraction of sp³-hybridized carbons (Fsp3) is 0.133. The molecule has 0 saturated carbocycles. The predicted octanol–water partition coefficient (Wildman–Crippen LogP) is 3.30. The Bertz CT molecular complexity index is 793. The molecule has 0 radical (unpaired) electrons. The molecule has 5 heteroatoms. The SMILES string of the molecule is Cc1cccc(Cn2ccc3cccc([N+](=O)[O-])c32)n1. The predicted molar refractivity (Wildman–Crippen MR) is 76.7 cm³/mol. The van der Waals surface area contributed by atoms with Gasteiger partial charge in [0, 0.05) is 23.3 Å². The molecule has 20 heavy (non-hydrogen) atoms. The molecule has 5 nitrogen and oxygen atoms in total. The largest absolute Gasteiger partial charge is 0.336 e. The highest BCUT2D eigenvalue weighted by Gasteiger charge is 2.15. The number of nitrogens with zero attached hydrogens (tertiary/aromatic N) is 3. The summed E-state index contributed by atoms with van der Waals surface area (Å²) in [6.45, 7) is 2.45. The molecule has 0 amide bonds. The molecule has 0 fully saturated rings. The molecule has 0 atom stereocenters. The molecule has 0 aliphatic heterocycles. The Labute approximate surface area is 115 Å². The first-order valence-corrected chi connectivity index (χ1v) is 6.30. The Morgan fingerprint density at radius 3 is 2.75 bits per heavy atom. The minimum absolute atomic E-state index is 0.125. The standard InChI is InChI=1S/C15H13N3O2/c1-11-4-2-6-13(16-11)10-17-9-8-12-5-3-7-14(15(12)17)18(19)20/h2-9H,10H2,1H3. The van der Waals surface area contributed by atoms with Crippen LogP contribution < -0.4 is 0 Å². The minimum Gasteiger partial charge on any atom is -0.336 e. The van der Waals surface area contributed by atoms with Crippen LogP contribution in [0.5, 0.6) is 0 Å². The number of rotatable bonds is 3. The lowest BCUT2D eigenvalue weighted by Crippen LogP contribution is -2.02.